The van der Waals surface area contributed by atoms with Crippen LogP contribution >= 0.6 is 0 Å². The number of nitrogens with two attached hydrogens (primary N) is 1. The Labute approximate surface area is 121 Å². The summed E-state index contributed by atoms with van der Waals surface area (Å²) >= 11 is 0. The molecule has 1 atom stereocenters. The van der Waals surface area contributed by atoms with Crippen molar-refractivity contribution in [3.8, 4) is 5.75 Å². The van der Waals surface area contributed by atoms with E-state index in [9.17, 15) is 4.79 Å². The topological polar surface area (TPSA) is 64.3 Å². The second-order valence-corrected chi connectivity index (χ2v) is 5.12. The molecule has 1 aromatic carbocycles. The lowest BCUT2D eigenvalue weighted by Gasteiger charge is -2.17. The lowest BCUT2D eigenvalue weighted by Crippen LogP contribution is -2.24. The second-order valence-electron chi connectivity index (χ2n) is 5.12. The van der Waals surface area contributed by atoms with Crippen molar-refractivity contribution in [2.24, 2.45) is 5.73 Å². The third-order valence-corrected chi connectivity index (χ3v) is 3.21. The Balaban J connectivity index is 2.66. The van der Waals surface area contributed by atoms with E-state index in [1.54, 1.807) is 0 Å². The van der Waals surface area contributed by atoms with Crippen LogP contribution in [-0.2, 0) is 11.3 Å². The van der Waals surface area contributed by atoms with Crippen LogP contribution in [0.3, 0.4) is 0 Å². The summed E-state index contributed by atoms with van der Waals surface area (Å²) in [6.07, 6.45) is 2.32. The molecule has 0 aromatic heterocycles. The van der Waals surface area contributed by atoms with Gasteiger partial charge in [-0.15, -0.1) is 0 Å². The van der Waals surface area contributed by atoms with Gasteiger partial charge in [0.1, 0.15) is 5.75 Å². The van der Waals surface area contributed by atoms with Crippen LogP contribution in [0, 0.1) is 6.92 Å². The van der Waals surface area contributed by atoms with Crippen molar-refractivity contribution in [1.82, 2.24) is 5.32 Å². The fourth-order valence-corrected chi connectivity index (χ4v) is 1.76. The molecule has 20 heavy (non-hydrogen) atoms. The van der Waals surface area contributed by atoms with E-state index in [4.69, 9.17) is 10.5 Å². The van der Waals surface area contributed by atoms with Gasteiger partial charge in [0, 0.05) is 18.5 Å². The number of rotatable bonds is 8. The lowest BCUT2D eigenvalue weighted by atomic mass is 10.1. The molecule has 3 N–H and O–H groups in total. The molecule has 0 aliphatic heterocycles. The Morgan fingerprint density at radius 3 is 2.85 bits per heavy atom. The number of carbonyl (C=O) groups excluding carboxylic acids is 1. The number of hydrogen-bond acceptors (Lipinski definition) is 3. The molecule has 0 aliphatic rings. The SMILES string of the molecule is CCC(C)Oc1cc(C)ccc1CNC(=O)CCCN. The van der Waals surface area contributed by atoms with E-state index < -0.39 is 0 Å². The Hall–Kier alpha value is -1.55. The third kappa shape index (κ3) is 5.61. The van der Waals surface area contributed by atoms with Crippen molar-refractivity contribution in [3.05, 3.63) is 29.3 Å². The molecule has 4 heteroatoms. The van der Waals surface area contributed by atoms with Crippen LogP contribution in [-0.4, -0.2) is 18.6 Å². The van der Waals surface area contributed by atoms with E-state index in [1.165, 1.54) is 0 Å². The molecule has 0 spiro atoms. The number of ether oxygens (including phenoxy) is 1. The quantitative estimate of drug-likeness (QED) is 0.768. The lowest BCUT2D eigenvalue weighted by molar-refractivity contribution is -0.121. The van der Waals surface area contributed by atoms with Gasteiger partial charge in [-0.2, -0.15) is 0 Å². The summed E-state index contributed by atoms with van der Waals surface area (Å²) < 4.78 is 5.92. The summed E-state index contributed by atoms with van der Waals surface area (Å²) in [5.41, 5.74) is 7.56. The molecule has 0 saturated heterocycles. The first-order valence-corrected chi connectivity index (χ1v) is 7.29. The Kier molecular flexibility index (Phi) is 7.09. The maximum absolute atomic E-state index is 11.6. The summed E-state index contributed by atoms with van der Waals surface area (Å²) in [5, 5.41) is 2.91. The zero-order valence-corrected chi connectivity index (χ0v) is 12.7. The van der Waals surface area contributed by atoms with Gasteiger partial charge in [-0.05, 0) is 44.9 Å². The number of carbonyl (C=O) groups is 1. The van der Waals surface area contributed by atoms with Gasteiger partial charge in [-0.1, -0.05) is 19.1 Å². The number of hydrogen-bond donors (Lipinski definition) is 2. The molecule has 1 aromatic rings. The van der Waals surface area contributed by atoms with Crippen molar-refractivity contribution >= 4 is 5.91 Å². The normalized spacial score (nSPS) is 12.0. The van der Waals surface area contributed by atoms with Gasteiger partial charge < -0.3 is 15.8 Å². The number of nitrogens with one attached hydrogen (secondary N) is 1. The summed E-state index contributed by atoms with van der Waals surface area (Å²) in [6, 6.07) is 6.06. The van der Waals surface area contributed by atoms with Crippen LogP contribution < -0.4 is 15.8 Å². The van der Waals surface area contributed by atoms with Crippen LogP contribution in [0.15, 0.2) is 18.2 Å². The molecule has 0 saturated carbocycles. The van der Waals surface area contributed by atoms with Crippen LogP contribution in [0.5, 0.6) is 5.75 Å². The van der Waals surface area contributed by atoms with Crippen molar-refractivity contribution < 1.29 is 9.53 Å². The van der Waals surface area contributed by atoms with E-state index in [0.717, 1.165) is 29.7 Å². The highest BCUT2D eigenvalue weighted by Gasteiger charge is 2.09. The smallest absolute Gasteiger partial charge is 0.220 e. The zero-order chi connectivity index (χ0) is 15.0. The van der Waals surface area contributed by atoms with E-state index >= 15 is 0 Å². The van der Waals surface area contributed by atoms with Crippen LogP contribution in [0.4, 0.5) is 0 Å². The molecule has 4 nitrogen and oxygen atoms in total. The largest absolute Gasteiger partial charge is 0.490 e. The van der Waals surface area contributed by atoms with E-state index in [1.807, 2.05) is 32.0 Å². The first kappa shape index (κ1) is 16.5. The number of benzene rings is 1. The van der Waals surface area contributed by atoms with Gasteiger partial charge in [-0.3, -0.25) is 4.79 Å². The monoisotopic (exact) mass is 278 g/mol. The molecule has 0 radical (unpaired) electrons. The fraction of sp³-hybridized carbons (Fsp3) is 0.562. The van der Waals surface area contributed by atoms with Gasteiger partial charge in [0.2, 0.25) is 5.91 Å². The maximum atomic E-state index is 11.6. The van der Waals surface area contributed by atoms with E-state index in [-0.39, 0.29) is 12.0 Å². The number of aryl methyl sites for hydroxylation is 1. The zero-order valence-electron chi connectivity index (χ0n) is 12.7. The van der Waals surface area contributed by atoms with Gasteiger partial charge >= 0.3 is 0 Å². The van der Waals surface area contributed by atoms with Crippen LogP contribution in [0.1, 0.15) is 44.2 Å². The third-order valence-electron chi connectivity index (χ3n) is 3.21. The first-order valence-electron chi connectivity index (χ1n) is 7.29. The molecule has 1 rings (SSSR count). The molecule has 1 unspecified atom stereocenters. The van der Waals surface area contributed by atoms with E-state index in [0.29, 0.717) is 19.5 Å². The summed E-state index contributed by atoms with van der Waals surface area (Å²) in [4.78, 5) is 11.6. The van der Waals surface area contributed by atoms with E-state index in [2.05, 4.69) is 12.2 Å². The summed E-state index contributed by atoms with van der Waals surface area (Å²) in [7, 11) is 0. The van der Waals surface area contributed by atoms with Crippen molar-refractivity contribution in [2.75, 3.05) is 6.54 Å². The highest BCUT2D eigenvalue weighted by molar-refractivity contribution is 5.75. The predicted molar refractivity (Wildman–Crippen MR) is 81.7 cm³/mol. The highest BCUT2D eigenvalue weighted by atomic mass is 16.5. The van der Waals surface area contributed by atoms with Crippen LogP contribution in [0.25, 0.3) is 0 Å². The molecule has 112 valence electrons. The van der Waals surface area contributed by atoms with Gasteiger partial charge in [0.05, 0.1) is 6.10 Å². The molecular weight excluding hydrogens is 252 g/mol. The Bertz CT molecular complexity index is 432. The minimum absolute atomic E-state index is 0.0329. The van der Waals surface area contributed by atoms with Gasteiger partial charge in [0.15, 0.2) is 0 Å². The minimum atomic E-state index is 0.0329. The Morgan fingerprint density at radius 2 is 2.20 bits per heavy atom. The van der Waals surface area contributed by atoms with Gasteiger partial charge in [0.25, 0.3) is 0 Å². The standard InChI is InChI=1S/C16H26N2O2/c1-4-13(3)20-15-10-12(2)7-8-14(15)11-18-16(19)6-5-9-17/h7-8,10,13H,4-6,9,11,17H2,1-3H3,(H,18,19). The van der Waals surface area contributed by atoms with Gasteiger partial charge in [-0.25, -0.2) is 0 Å². The molecule has 0 heterocycles. The van der Waals surface area contributed by atoms with Crippen LogP contribution in [0.2, 0.25) is 0 Å². The predicted octanol–water partition coefficient (Wildman–Crippen LogP) is 2.53. The number of amides is 1. The maximum Gasteiger partial charge on any atom is 0.220 e. The van der Waals surface area contributed by atoms with Crippen molar-refractivity contribution in [2.45, 2.75) is 52.7 Å². The van der Waals surface area contributed by atoms with Crippen molar-refractivity contribution in [1.29, 1.82) is 0 Å². The summed E-state index contributed by atoms with van der Waals surface area (Å²) in [6.45, 7) is 7.21. The second kappa shape index (κ2) is 8.59. The Morgan fingerprint density at radius 1 is 1.45 bits per heavy atom. The molecule has 0 fully saturated rings. The molecule has 0 bridgehead atoms. The summed E-state index contributed by atoms with van der Waals surface area (Å²) in [5.74, 6) is 0.893. The average molecular weight is 278 g/mol. The molecular formula is C16H26N2O2. The highest BCUT2D eigenvalue weighted by Crippen LogP contribution is 2.22. The minimum Gasteiger partial charge on any atom is -0.490 e. The van der Waals surface area contributed by atoms with Crippen molar-refractivity contribution in [3.63, 3.8) is 0 Å². The fourth-order valence-electron chi connectivity index (χ4n) is 1.76. The molecule has 1 amide bonds. The average Bonchev–Trinajstić information content (AvgIpc) is 2.44. The first-order chi connectivity index (χ1) is 9.56. The molecule has 0 aliphatic carbocycles.